The zero-order valence-electron chi connectivity index (χ0n) is 16.0. The number of hydrogen-bond acceptors (Lipinski definition) is 2. The first-order chi connectivity index (χ1) is 11.0. The third-order valence-electron chi connectivity index (χ3n) is 3.74. The molecule has 2 N–H and O–H groups in total. The summed E-state index contributed by atoms with van der Waals surface area (Å²) in [6.45, 7) is 4.38. The molecule has 0 aliphatic carbocycles. The van der Waals surface area contributed by atoms with Crippen molar-refractivity contribution in [2.75, 3.05) is 0 Å². The van der Waals surface area contributed by atoms with Gasteiger partial charge in [0.25, 0.3) is 0 Å². The van der Waals surface area contributed by atoms with Crippen LogP contribution in [0.4, 0.5) is 0 Å². The van der Waals surface area contributed by atoms with Crippen molar-refractivity contribution in [3.63, 3.8) is 0 Å². The van der Waals surface area contributed by atoms with E-state index in [-0.39, 0.29) is 19.5 Å². The van der Waals surface area contributed by atoms with Crippen LogP contribution < -0.4 is 0 Å². The van der Waals surface area contributed by atoms with E-state index in [4.69, 9.17) is 10.2 Å². The first-order valence-electron chi connectivity index (χ1n) is 9.48. The molecule has 140 valence electrons. The molecule has 0 atom stereocenters. The third kappa shape index (κ3) is 33.2. The van der Waals surface area contributed by atoms with E-state index in [0.29, 0.717) is 12.8 Å². The van der Waals surface area contributed by atoms with Crippen molar-refractivity contribution >= 4 is 11.9 Å². The van der Waals surface area contributed by atoms with Crippen LogP contribution in [-0.2, 0) is 29.1 Å². The molecule has 0 heterocycles. The van der Waals surface area contributed by atoms with Gasteiger partial charge in [-0.2, -0.15) is 0 Å². The van der Waals surface area contributed by atoms with E-state index >= 15 is 0 Å². The monoisotopic (exact) mass is 394 g/mol. The predicted octanol–water partition coefficient (Wildman–Crippen LogP) is 6.03. The molecule has 24 heavy (non-hydrogen) atoms. The fourth-order valence-corrected chi connectivity index (χ4v) is 2.29. The van der Waals surface area contributed by atoms with Gasteiger partial charge in [-0.1, -0.05) is 84.5 Å². The van der Waals surface area contributed by atoms with E-state index in [1.54, 1.807) is 0 Å². The number of hydrogen-bond donors (Lipinski definition) is 2. The topological polar surface area (TPSA) is 74.6 Å². The Morgan fingerprint density at radius 2 is 0.792 bits per heavy atom. The van der Waals surface area contributed by atoms with Crippen molar-refractivity contribution in [1.82, 2.24) is 0 Å². The van der Waals surface area contributed by atoms with Crippen LogP contribution >= 0.6 is 0 Å². The van der Waals surface area contributed by atoms with Crippen LogP contribution in [0.25, 0.3) is 0 Å². The van der Waals surface area contributed by atoms with E-state index in [9.17, 15) is 9.59 Å². The van der Waals surface area contributed by atoms with Gasteiger partial charge in [-0.25, -0.2) is 0 Å². The minimum atomic E-state index is -0.666. The fraction of sp³-hybridized carbons (Fsp3) is 0.895. The molecule has 0 aromatic rings. The minimum absolute atomic E-state index is 0. The summed E-state index contributed by atoms with van der Waals surface area (Å²) in [6.07, 6.45) is 15.9. The van der Waals surface area contributed by atoms with Gasteiger partial charge in [0.15, 0.2) is 0 Å². The Balaban J connectivity index is -0.000000354. The number of carboxylic acid groups (broad SMARTS) is 2. The van der Waals surface area contributed by atoms with Gasteiger partial charge in [0.05, 0.1) is 0 Å². The van der Waals surface area contributed by atoms with Crippen LogP contribution in [-0.4, -0.2) is 22.2 Å². The standard InChI is InChI=1S/C10H20O2.C9H18O2.Zn/c1-2-3-4-5-6-7-8-9-10(11)12;1-2-3-4-5-6-7-8-9(10)11;/h2-9H2,1H3,(H,11,12);2-8H2,1H3,(H,10,11);. The van der Waals surface area contributed by atoms with Crippen LogP contribution in [0.1, 0.15) is 110 Å². The van der Waals surface area contributed by atoms with Gasteiger partial charge in [-0.15, -0.1) is 0 Å². The van der Waals surface area contributed by atoms with Crippen LogP contribution in [0.3, 0.4) is 0 Å². The second kappa shape index (κ2) is 24.8. The predicted molar refractivity (Wildman–Crippen MR) is 95.9 cm³/mol. The zero-order chi connectivity index (χ0) is 17.8. The van der Waals surface area contributed by atoms with Crippen LogP contribution in [0, 0.1) is 0 Å². The summed E-state index contributed by atoms with van der Waals surface area (Å²) in [5, 5.41) is 16.7. The molecular weight excluding hydrogens is 358 g/mol. The Bertz CT molecular complexity index is 270. The molecule has 0 fully saturated rings. The molecule has 0 spiro atoms. The summed E-state index contributed by atoms with van der Waals surface area (Å²) < 4.78 is 0. The van der Waals surface area contributed by atoms with Crippen molar-refractivity contribution in [3.05, 3.63) is 0 Å². The maximum Gasteiger partial charge on any atom is 0.303 e. The average molecular weight is 396 g/mol. The Kier molecular flexibility index (Phi) is 29.3. The molecular formula is C19H38O4Zn. The van der Waals surface area contributed by atoms with Gasteiger partial charge in [0, 0.05) is 32.3 Å². The van der Waals surface area contributed by atoms with Crippen molar-refractivity contribution < 1.29 is 39.3 Å². The Labute approximate surface area is 161 Å². The quantitative estimate of drug-likeness (QED) is 0.262. The first-order valence-corrected chi connectivity index (χ1v) is 9.48. The Morgan fingerprint density at radius 3 is 1.04 bits per heavy atom. The SMILES string of the molecule is CCCCCCCCC(=O)O.CCCCCCCCCC(=O)O.[Zn]. The van der Waals surface area contributed by atoms with Crippen molar-refractivity contribution in [3.8, 4) is 0 Å². The summed E-state index contributed by atoms with van der Waals surface area (Å²) >= 11 is 0. The molecule has 0 rings (SSSR count). The third-order valence-corrected chi connectivity index (χ3v) is 3.74. The van der Waals surface area contributed by atoms with Crippen LogP contribution in [0.5, 0.6) is 0 Å². The summed E-state index contributed by atoms with van der Waals surface area (Å²) in [6, 6.07) is 0. The van der Waals surface area contributed by atoms with E-state index in [0.717, 1.165) is 25.7 Å². The number of rotatable bonds is 15. The molecule has 0 aliphatic rings. The van der Waals surface area contributed by atoms with E-state index in [1.165, 1.54) is 57.8 Å². The van der Waals surface area contributed by atoms with E-state index in [2.05, 4.69) is 13.8 Å². The molecule has 0 aromatic carbocycles. The molecule has 0 radical (unpaired) electrons. The van der Waals surface area contributed by atoms with Crippen LogP contribution in [0.2, 0.25) is 0 Å². The molecule has 0 saturated carbocycles. The normalized spacial score (nSPS) is 9.58. The maximum absolute atomic E-state index is 10.1. The molecule has 5 heteroatoms. The van der Waals surface area contributed by atoms with Gasteiger partial charge >= 0.3 is 11.9 Å². The molecule has 0 amide bonds. The number of carbonyl (C=O) groups is 2. The smallest absolute Gasteiger partial charge is 0.303 e. The molecule has 0 aliphatic heterocycles. The molecule has 4 nitrogen and oxygen atoms in total. The zero-order valence-corrected chi connectivity index (χ0v) is 19.0. The van der Waals surface area contributed by atoms with Gasteiger partial charge in [0.2, 0.25) is 0 Å². The van der Waals surface area contributed by atoms with Gasteiger partial charge < -0.3 is 10.2 Å². The summed E-state index contributed by atoms with van der Waals surface area (Å²) in [5.74, 6) is -1.33. The number of unbranched alkanes of at least 4 members (excludes halogenated alkanes) is 11. The molecule has 0 bridgehead atoms. The molecule has 0 unspecified atom stereocenters. The van der Waals surface area contributed by atoms with Crippen molar-refractivity contribution in [2.24, 2.45) is 0 Å². The number of carboxylic acids is 2. The molecule has 0 saturated heterocycles. The van der Waals surface area contributed by atoms with Crippen LogP contribution in [0.15, 0.2) is 0 Å². The number of aliphatic carboxylic acids is 2. The molecule has 0 aromatic heterocycles. The fourth-order valence-electron chi connectivity index (χ4n) is 2.29. The maximum atomic E-state index is 10.1. The van der Waals surface area contributed by atoms with Gasteiger partial charge in [0.1, 0.15) is 0 Å². The second-order valence-electron chi connectivity index (χ2n) is 6.18. The minimum Gasteiger partial charge on any atom is -0.481 e. The Morgan fingerprint density at radius 1 is 0.542 bits per heavy atom. The largest absolute Gasteiger partial charge is 0.481 e. The second-order valence-corrected chi connectivity index (χ2v) is 6.18. The average Bonchev–Trinajstić information content (AvgIpc) is 2.50. The summed E-state index contributed by atoms with van der Waals surface area (Å²) in [5.41, 5.74) is 0. The summed E-state index contributed by atoms with van der Waals surface area (Å²) in [4.78, 5) is 20.2. The van der Waals surface area contributed by atoms with E-state index < -0.39 is 11.9 Å². The van der Waals surface area contributed by atoms with Gasteiger partial charge in [-0.3, -0.25) is 9.59 Å². The summed E-state index contributed by atoms with van der Waals surface area (Å²) in [7, 11) is 0. The van der Waals surface area contributed by atoms with Gasteiger partial charge in [-0.05, 0) is 12.8 Å². The Hall–Kier alpha value is -0.437. The van der Waals surface area contributed by atoms with Crippen molar-refractivity contribution in [2.45, 2.75) is 110 Å². The first kappa shape index (κ1) is 28.4. The van der Waals surface area contributed by atoms with E-state index in [1.807, 2.05) is 0 Å². The van der Waals surface area contributed by atoms with Crippen molar-refractivity contribution in [1.29, 1.82) is 0 Å².